The Morgan fingerprint density at radius 3 is 2.89 bits per heavy atom. The van der Waals surface area contributed by atoms with Crippen LogP contribution in [0.5, 0.6) is 0 Å². The van der Waals surface area contributed by atoms with E-state index in [1.54, 1.807) is 18.4 Å². The van der Waals surface area contributed by atoms with Gasteiger partial charge in [0.15, 0.2) is 0 Å². The van der Waals surface area contributed by atoms with Gasteiger partial charge in [-0.05, 0) is 33.8 Å². The van der Waals surface area contributed by atoms with Crippen molar-refractivity contribution in [1.82, 2.24) is 19.6 Å². The van der Waals surface area contributed by atoms with Crippen molar-refractivity contribution in [2.45, 2.75) is 38.1 Å². The van der Waals surface area contributed by atoms with Crippen LogP contribution >= 0.6 is 11.8 Å². The molecule has 0 aromatic carbocycles. The van der Waals surface area contributed by atoms with Gasteiger partial charge in [0.05, 0.1) is 6.61 Å². The van der Waals surface area contributed by atoms with Crippen molar-refractivity contribution in [3.05, 3.63) is 17.5 Å². The molecule has 6 nitrogen and oxygen atoms in total. The molecule has 2 aromatic heterocycles. The summed E-state index contributed by atoms with van der Waals surface area (Å²) in [5.74, 6) is 0.295. The molecule has 1 atom stereocenters. The number of nitrogens with zero attached hydrogens (tertiary/aromatic N) is 4. The molecule has 0 fully saturated rings. The van der Waals surface area contributed by atoms with E-state index in [1.807, 2.05) is 19.9 Å². The maximum Gasteiger partial charge on any atom is 0.319 e. The third-order valence-electron chi connectivity index (χ3n) is 2.50. The second-order valence-electron chi connectivity index (χ2n) is 4.16. The van der Waals surface area contributed by atoms with Crippen LogP contribution < -0.4 is 0 Å². The van der Waals surface area contributed by atoms with Gasteiger partial charge in [-0.2, -0.15) is 4.98 Å². The highest BCUT2D eigenvalue weighted by Crippen LogP contribution is 2.21. The highest BCUT2D eigenvalue weighted by Gasteiger charge is 2.18. The Morgan fingerprint density at radius 1 is 1.47 bits per heavy atom. The molecule has 0 radical (unpaired) electrons. The van der Waals surface area contributed by atoms with Crippen molar-refractivity contribution < 1.29 is 9.53 Å². The first-order valence-corrected chi connectivity index (χ1v) is 6.93. The molecule has 1 unspecified atom stereocenters. The summed E-state index contributed by atoms with van der Waals surface area (Å²) in [5.41, 5.74) is 1.86. The Balaban J connectivity index is 2.22. The van der Waals surface area contributed by atoms with Gasteiger partial charge < -0.3 is 4.74 Å². The average molecular weight is 280 g/mol. The van der Waals surface area contributed by atoms with Crippen LogP contribution in [0.2, 0.25) is 0 Å². The van der Waals surface area contributed by atoms with Crippen LogP contribution in [0.25, 0.3) is 5.78 Å². The third-order valence-corrected chi connectivity index (χ3v) is 3.43. The zero-order valence-corrected chi connectivity index (χ0v) is 12.2. The van der Waals surface area contributed by atoms with Gasteiger partial charge >= 0.3 is 5.97 Å². The number of ether oxygens (including phenoxy) is 1. The van der Waals surface area contributed by atoms with E-state index in [9.17, 15) is 4.79 Å². The number of hydrogen-bond acceptors (Lipinski definition) is 6. The summed E-state index contributed by atoms with van der Waals surface area (Å²) in [4.78, 5) is 20.2. The predicted molar refractivity (Wildman–Crippen MR) is 72.2 cm³/mol. The Hall–Kier alpha value is -1.63. The number of esters is 1. The molecule has 2 aromatic rings. The van der Waals surface area contributed by atoms with Gasteiger partial charge in [0.25, 0.3) is 5.78 Å². The van der Waals surface area contributed by atoms with E-state index < -0.39 is 0 Å². The quantitative estimate of drug-likeness (QED) is 0.628. The molecule has 102 valence electrons. The van der Waals surface area contributed by atoms with Crippen molar-refractivity contribution >= 4 is 23.5 Å². The second-order valence-corrected chi connectivity index (χ2v) is 5.47. The van der Waals surface area contributed by atoms with Crippen molar-refractivity contribution in [2.24, 2.45) is 0 Å². The smallest absolute Gasteiger partial charge is 0.319 e. The number of carbonyl (C=O) groups excluding carboxylic acids is 1. The van der Waals surface area contributed by atoms with Crippen LogP contribution in [0.15, 0.2) is 11.2 Å². The SMILES string of the molecule is CCOC(=O)C(C)Sc1nc2nc(C)cc(C)n2n1. The summed E-state index contributed by atoms with van der Waals surface area (Å²) in [5, 5.41) is 4.53. The lowest BCUT2D eigenvalue weighted by molar-refractivity contribution is -0.142. The number of fused-ring (bicyclic) bond motifs is 1. The van der Waals surface area contributed by atoms with Gasteiger partial charge in [-0.25, -0.2) is 9.50 Å². The number of carbonyl (C=O) groups is 1. The topological polar surface area (TPSA) is 69.4 Å². The summed E-state index contributed by atoms with van der Waals surface area (Å²) in [6, 6.07) is 1.94. The normalized spacial score (nSPS) is 12.6. The molecule has 0 spiro atoms. The molecule has 7 heteroatoms. The highest BCUT2D eigenvalue weighted by atomic mass is 32.2. The number of aryl methyl sites for hydroxylation is 2. The molecule has 0 aliphatic carbocycles. The van der Waals surface area contributed by atoms with E-state index in [2.05, 4.69) is 15.1 Å². The Morgan fingerprint density at radius 2 is 2.21 bits per heavy atom. The zero-order chi connectivity index (χ0) is 14.0. The molecule has 2 heterocycles. The van der Waals surface area contributed by atoms with Gasteiger partial charge in [0.1, 0.15) is 5.25 Å². The number of rotatable bonds is 4. The van der Waals surface area contributed by atoms with E-state index in [0.717, 1.165) is 11.4 Å². The van der Waals surface area contributed by atoms with E-state index in [-0.39, 0.29) is 11.2 Å². The molecule has 0 bridgehead atoms. The lowest BCUT2D eigenvalue weighted by atomic mass is 10.4. The average Bonchev–Trinajstić information content (AvgIpc) is 2.72. The minimum absolute atomic E-state index is 0.257. The van der Waals surface area contributed by atoms with Crippen molar-refractivity contribution in [3.63, 3.8) is 0 Å². The summed E-state index contributed by atoms with van der Waals surface area (Å²) < 4.78 is 6.63. The zero-order valence-electron chi connectivity index (χ0n) is 11.4. The second kappa shape index (κ2) is 5.56. The van der Waals surface area contributed by atoms with E-state index in [4.69, 9.17) is 4.74 Å². The van der Waals surface area contributed by atoms with Crippen LogP contribution in [0.1, 0.15) is 25.2 Å². The fraction of sp³-hybridized carbons (Fsp3) is 0.500. The summed E-state index contributed by atoms with van der Waals surface area (Å²) in [6.07, 6.45) is 0. The molecule has 0 amide bonds. The summed E-state index contributed by atoms with van der Waals surface area (Å²) in [7, 11) is 0. The minimum Gasteiger partial charge on any atom is -0.465 e. The summed E-state index contributed by atoms with van der Waals surface area (Å²) >= 11 is 1.27. The van der Waals surface area contributed by atoms with Gasteiger partial charge in [0, 0.05) is 11.4 Å². The first-order chi connectivity index (χ1) is 9.01. The number of thioether (sulfide) groups is 1. The lowest BCUT2D eigenvalue weighted by Crippen LogP contribution is -2.16. The molecule has 2 rings (SSSR count). The molecule has 0 aliphatic heterocycles. The first-order valence-electron chi connectivity index (χ1n) is 6.05. The molecular weight excluding hydrogens is 264 g/mol. The Labute approximate surface area is 115 Å². The minimum atomic E-state index is -0.334. The Kier molecular flexibility index (Phi) is 4.04. The van der Waals surface area contributed by atoms with Gasteiger partial charge in [-0.1, -0.05) is 11.8 Å². The maximum absolute atomic E-state index is 11.6. The number of hydrogen-bond donors (Lipinski definition) is 0. The van der Waals surface area contributed by atoms with Crippen molar-refractivity contribution in [1.29, 1.82) is 0 Å². The first kappa shape index (κ1) is 13.8. The monoisotopic (exact) mass is 280 g/mol. The van der Waals surface area contributed by atoms with Gasteiger partial charge in [-0.15, -0.1) is 5.10 Å². The fourth-order valence-electron chi connectivity index (χ4n) is 1.66. The predicted octanol–water partition coefficient (Wildman–Crippen LogP) is 1.78. The van der Waals surface area contributed by atoms with Crippen LogP contribution in [0.4, 0.5) is 0 Å². The lowest BCUT2D eigenvalue weighted by Gasteiger charge is -2.06. The van der Waals surface area contributed by atoms with Gasteiger partial charge in [0.2, 0.25) is 5.16 Å². The molecule has 19 heavy (non-hydrogen) atoms. The van der Waals surface area contributed by atoms with Crippen LogP contribution in [0.3, 0.4) is 0 Å². The molecule has 0 saturated carbocycles. The van der Waals surface area contributed by atoms with Crippen LogP contribution in [-0.4, -0.2) is 37.4 Å². The van der Waals surface area contributed by atoms with E-state index in [0.29, 0.717) is 17.5 Å². The van der Waals surface area contributed by atoms with E-state index >= 15 is 0 Å². The fourth-order valence-corrected chi connectivity index (χ4v) is 2.41. The summed E-state index contributed by atoms with van der Waals surface area (Å²) in [6.45, 7) is 7.80. The van der Waals surface area contributed by atoms with Crippen LogP contribution in [-0.2, 0) is 9.53 Å². The molecular formula is C12H16N4O2S. The highest BCUT2D eigenvalue weighted by molar-refractivity contribution is 8.00. The van der Waals surface area contributed by atoms with Crippen molar-refractivity contribution in [2.75, 3.05) is 6.61 Å². The Bertz CT molecular complexity index is 611. The maximum atomic E-state index is 11.6. The molecule has 0 N–H and O–H groups in total. The van der Waals surface area contributed by atoms with Gasteiger partial charge in [-0.3, -0.25) is 4.79 Å². The van der Waals surface area contributed by atoms with E-state index in [1.165, 1.54) is 11.8 Å². The molecule has 0 aliphatic rings. The largest absolute Gasteiger partial charge is 0.465 e. The third kappa shape index (κ3) is 3.04. The standard InChI is InChI=1S/C12H16N4O2S/c1-5-18-10(17)9(4)19-12-14-11-13-7(2)6-8(3)16(11)15-12/h6,9H,5H2,1-4H3. The van der Waals surface area contributed by atoms with Crippen molar-refractivity contribution in [3.8, 4) is 0 Å². The molecule has 0 saturated heterocycles. The van der Waals surface area contributed by atoms with Crippen LogP contribution in [0, 0.1) is 13.8 Å². The number of aromatic nitrogens is 4.